The van der Waals surface area contributed by atoms with Crippen molar-refractivity contribution in [3.8, 4) is 0 Å². The van der Waals surface area contributed by atoms with Crippen molar-refractivity contribution in [1.29, 1.82) is 0 Å². The summed E-state index contributed by atoms with van der Waals surface area (Å²) in [6, 6.07) is 6.43. The second kappa shape index (κ2) is 6.12. The molecule has 1 unspecified atom stereocenters. The molecule has 1 aromatic heterocycles. The van der Waals surface area contributed by atoms with Crippen LogP contribution in [0.4, 0.5) is 0 Å². The minimum atomic E-state index is -0.0870. The van der Waals surface area contributed by atoms with Crippen LogP contribution in [0.2, 0.25) is 0 Å². The van der Waals surface area contributed by atoms with Gasteiger partial charge in [0.15, 0.2) is 0 Å². The summed E-state index contributed by atoms with van der Waals surface area (Å²) in [6.07, 6.45) is 8.55. The number of hydrogen-bond acceptors (Lipinski definition) is 3. The molecule has 4 heteroatoms. The lowest BCUT2D eigenvalue weighted by atomic mass is 9.82. The minimum absolute atomic E-state index is 0.0826. The molecule has 1 aliphatic rings. The molecular formula is C17H20N2O2. The maximum atomic E-state index is 12.1. The Kier molecular flexibility index (Phi) is 4.04. The van der Waals surface area contributed by atoms with E-state index in [1.165, 1.54) is 11.1 Å². The van der Waals surface area contributed by atoms with Gasteiger partial charge in [0.25, 0.3) is 0 Å². The summed E-state index contributed by atoms with van der Waals surface area (Å²) in [6.45, 7) is 3.12. The molecule has 1 aromatic carbocycles. The largest absolute Gasteiger partial charge is 0.466 e. The quantitative estimate of drug-likeness (QED) is 0.811. The van der Waals surface area contributed by atoms with Crippen LogP contribution in [0.25, 0.3) is 0 Å². The Morgan fingerprint density at radius 2 is 2.38 bits per heavy atom. The zero-order valence-electron chi connectivity index (χ0n) is 12.3. The van der Waals surface area contributed by atoms with Crippen molar-refractivity contribution in [3.63, 3.8) is 0 Å². The van der Waals surface area contributed by atoms with E-state index in [0.29, 0.717) is 6.61 Å². The average Bonchev–Trinajstić information content (AvgIpc) is 2.99. The number of fused-ring (bicyclic) bond motifs is 1. The molecular weight excluding hydrogens is 264 g/mol. The summed E-state index contributed by atoms with van der Waals surface area (Å²) in [5, 5.41) is 0. The van der Waals surface area contributed by atoms with Crippen LogP contribution in [0.1, 0.15) is 42.4 Å². The number of carbonyl (C=O) groups excluding carboxylic acids is 1. The molecule has 0 amide bonds. The van der Waals surface area contributed by atoms with Gasteiger partial charge < -0.3 is 9.30 Å². The van der Waals surface area contributed by atoms with Gasteiger partial charge in [-0.3, -0.25) is 4.79 Å². The van der Waals surface area contributed by atoms with Crippen LogP contribution in [-0.2, 0) is 22.5 Å². The van der Waals surface area contributed by atoms with Gasteiger partial charge in [0.1, 0.15) is 0 Å². The van der Waals surface area contributed by atoms with Crippen LogP contribution in [0.5, 0.6) is 0 Å². The summed E-state index contributed by atoms with van der Waals surface area (Å²) >= 11 is 0. The number of carbonyl (C=O) groups is 1. The number of imidazole rings is 1. The molecule has 0 fully saturated rings. The van der Waals surface area contributed by atoms with Crippen molar-refractivity contribution in [2.24, 2.45) is 0 Å². The minimum Gasteiger partial charge on any atom is -0.466 e. The monoisotopic (exact) mass is 284 g/mol. The Bertz CT molecular complexity index is 620. The lowest BCUT2D eigenvalue weighted by Crippen LogP contribution is -2.21. The number of nitrogens with zero attached hydrogens (tertiary/aromatic N) is 2. The first-order valence-electron chi connectivity index (χ1n) is 7.52. The van der Waals surface area contributed by atoms with Gasteiger partial charge in [-0.25, -0.2) is 4.98 Å². The first-order valence-corrected chi connectivity index (χ1v) is 7.52. The molecule has 1 heterocycles. The Hall–Kier alpha value is -2.10. The van der Waals surface area contributed by atoms with Gasteiger partial charge in [0.05, 0.1) is 18.9 Å². The third-order valence-electron chi connectivity index (χ3n) is 4.02. The highest BCUT2D eigenvalue weighted by atomic mass is 16.5. The fourth-order valence-electron chi connectivity index (χ4n) is 3.04. The van der Waals surface area contributed by atoms with E-state index < -0.39 is 0 Å². The number of esters is 1. The van der Waals surface area contributed by atoms with Crippen LogP contribution in [0, 0.1) is 0 Å². The Labute approximate surface area is 124 Å². The highest BCUT2D eigenvalue weighted by Gasteiger charge is 2.27. The molecule has 3 rings (SSSR count). The highest BCUT2D eigenvalue weighted by Crippen LogP contribution is 2.33. The van der Waals surface area contributed by atoms with Gasteiger partial charge in [-0.2, -0.15) is 0 Å². The summed E-state index contributed by atoms with van der Waals surface area (Å²) in [5.74, 6) is -0.170. The normalized spacial score (nSPS) is 17.3. The van der Waals surface area contributed by atoms with E-state index >= 15 is 0 Å². The fraction of sp³-hybridized carbons (Fsp3) is 0.412. The van der Waals surface area contributed by atoms with E-state index in [1.54, 1.807) is 6.20 Å². The predicted molar refractivity (Wildman–Crippen MR) is 80.1 cm³/mol. The molecule has 110 valence electrons. The van der Waals surface area contributed by atoms with Gasteiger partial charge in [0, 0.05) is 18.9 Å². The first kappa shape index (κ1) is 13.9. The Morgan fingerprint density at radius 3 is 3.14 bits per heavy atom. The molecule has 0 radical (unpaired) electrons. The molecule has 1 aliphatic carbocycles. The topological polar surface area (TPSA) is 44.1 Å². The predicted octanol–water partition coefficient (Wildman–Crippen LogP) is 2.91. The van der Waals surface area contributed by atoms with Crippen molar-refractivity contribution in [3.05, 3.63) is 53.6 Å². The van der Waals surface area contributed by atoms with Crippen LogP contribution in [0.15, 0.2) is 36.9 Å². The number of hydrogen-bond donors (Lipinski definition) is 0. The SMILES string of the molecule is CCOC(=O)C1CCCc2cc(Cn3ccnc3)ccc21. The van der Waals surface area contributed by atoms with Crippen molar-refractivity contribution < 1.29 is 9.53 Å². The standard InChI is InChI=1S/C17H20N2O2/c1-2-21-17(20)16-5-3-4-14-10-13(6-7-15(14)16)11-19-9-8-18-12-19/h6-10,12,16H,2-5,11H2,1H3. The van der Waals surface area contributed by atoms with Crippen molar-refractivity contribution in [1.82, 2.24) is 9.55 Å². The summed E-state index contributed by atoms with van der Waals surface area (Å²) < 4.78 is 7.25. The molecule has 0 saturated carbocycles. The van der Waals surface area contributed by atoms with E-state index in [2.05, 4.69) is 23.2 Å². The smallest absolute Gasteiger partial charge is 0.313 e. The second-order valence-corrected chi connectivity index (χ2v) is 5.47. The summed E-state index contributed by atoms with van der Waals surface area (Å²) in [4.78, 5) is 16.1. The molecule has 0 N–H and O–H groups in total. The van der Waals surface area contributed by atoms with E-state index in [4.69, 9.17) is 4.74 Å². The third-order valence-corrected chi connectivity index (χ3v) is 4.02. The maximum absolute atomic E-state index is 12.1. The molecule has 1 atom stereocenters. The van der Waals surface area contributed by atoms with Crippen molar-refractivity contribution in [2.45, 2.75) is 38.6 Å². The Balaban J connectivity index is 1.83. The molecule has 0 saturated heterocycles. The molecule has 2 aromatic rings. The van der Waals surface area contributed by atoms with Gasteiger partial charge in [0.2, 0.25) is 0 Å². The zero-order chi connectivity index (χ0) is 14.7. The molecule has 21 heavy (non-hydrogen) atoms. The van der Waals surface area contributed by atoms with Crippen LogP contribution < -0.4 is 0 Å². The fourth-order valence-corrected chi connectivity index (χ4v) is 3.04. The van der Waals surface area contributed by atoms with Crippen LogP contribution in [-0.4, -0.2) is 22.1 Å². The average molecular weight is 284 g/mol. The first-order chi connectivity index (χ1) is 10.3. The van der Waals surface area contributed by atoms with E-state index in [1.807, 2.05) is 24.0 Å². The highest BCUT2D eigenvalue weighted by molar-refractivity contribution is 5.79. The van der Waals surface area contributed by atoms with Crippen LogP contribution in [0.3, 0.4) is 0 Å². The van der Waals surface area contributed by atoms with Gasteiger partial charge in [-0.1, -0.05) is 18.2 Å². The Morgan fingerprint density at radius 1 is 1.48 bits per heavy atom. The number of aromatic nitrogens is 2. The number of aryl methyl sites for hydroxylation is 1. The van der Waals surface area contributed by atoms with Gasteiger partial charge in [-0.15, -0.1) is 0 Å². The van der Waals surface area contributed by atoms with E-state index in [0.717, 1.165) is 31.4 Å². The number of rotatable bonds is 4. The maximum Gasteiger partial charge on any atom is 0.313 e. The third kappa shape index (κ3) is 2.99. The van der Waals surface area contributed by atoms with Gasteiger partial charge in [-0.05, 0) is 42.9 Å². The summed E-state index contributed by atoms with van der Waals surface area (Å²) in [7, 11) is 0. The lowest BCUT2D eigenvalue weighted by Gasteiger charge is -2.24. The molecule has 0 spiro atoms. The molecule has 0 bridgehead atoms. The molecule has 4 nitrogen and oxygen atoms in total. The number of ether oxygens (including phenoxy) is 1. The number of benzene rings is 1. The van der Waals surface area contributed by atoms with Crippen LogP contribution >= 0.6 is 0 Å². The zero-order valence-corrected chi connectivity index (χ0v) is 12.3. The van der Waals surface area contributed by atoms with Crippen molar-refractivity contribution >= 4 is 5.97 Å². The van der Waals surface area contributed by atoms with Crippen molar-refractivity contribution in [2.75, 3.05) is 6.61 Å². The summed E-state index contributed by atoms with van der Waals surface area (Å²) in [5.41, 5.74) is 3.68. The second-order valence-electron chi connectivity index (χ2n) is 5.47. The molecule has 0 aliphatic heterocycles. The van der Waals surface area contributed by atoms with E-state index in [-0.39, 0.29) is 11.9 Å². The lowest BCUT2D eigenvalue weighted by molar-refractivity contribution is -0.145. The van der Waals surface area contributed by atoms with Gasteiger partial charge >= 0.3 is 5.97 Å². The van der Waals surface area contributed by atoms with E-state index in [9.17, 15) is 4.79 Å².